The summed E-state index contributed by atoms with van der Waals surface area (Å²) >= 11 is 0. The van der Waals surface area contributed by atoms with Gasteiger partial charge in [0.2, 0.25) is 5.91 Å². The van der Waals surface area contributed by atoms with Crippen molar-refractivity contribution in [2.75, 3.05) is 6.54 Å². The monoisotopic (exact) mass is 307 g/mol. The molecule has 2 amide bonds. The van der Waals surface area contributed by atoms with Gasteiger partial charge < -0.3 is 15.7 Å². The maximum Gasteiger partial charge on any atom is 0.269 e. The Morgan fingerprint density at radius 3 is 2.45 bits per heavy atom. The van der Waals surface area contributed by atoms with Crippen molar-refractivity contribution >= 4 is 17.5 Å². The Balaban J connectivity index is 2.62. The lowest BCUT2D eigenvalue weighted by atomic mass is 10.2. The molecule has 1 unspecified atom stereocenters. The number of carbonyl (C=O) groups is 2. The molecule has 118 valence electrons. The number of nitro benzene ring substituents is 1. The summed E-state index contributed by atoms with van der Waals surface area (Å²) in [5, 5.41) is 24.5. The number of amides is 2. The molecular formula is C14H17N3O5. The zero-order valence-corrected chi connectivity index (χ0v) is 12.2. The van der Waals surface area contributed by atoms with Crippen LogP contribution in [0.4, 0.5) is 5.69 Å². The van der Waals surface area contributed by atoms with Crippen LogP contribution in [0.3, 0.4) is 0 Å². The maximum absolute atomic E-state index is 11.8. The average molecular weight is 307 g/mol. The van der Waals surface area contributed by atoms with Gasteiger partial charge in [0, 0.05) is 36.0 Å². The fraction of sp³-hybridized carbons (Fsp3) is 0.286. The number of carbonyl (C=O) groups excluding carboxylic acids is 2. The van der Waals surface area contributed by atoms with Crippen molar-refractivity contribution in [2.24, 2.45) is 0 Å². The smallest absolute Gasteiger partial charge is 0.269 e. The Labute approximate surface area is 127 Å². The van der Waals surface area contributed by atoms with E-state index >= 15 is 0 Å². The number of hydrogen-bond donors (Lipinski definition) is 3. The number of nitrogens with one attached hydrogen (secondary N) is 2. The minimum Gasteiger partial charge on any atom is -0.392 e. The first-order chi connectivity index (χ1) is 10.3. The van der Waals surface area contributed by atoms with E-state index in [1.807, 2.05) is 0 Å². The van der Waals surface area contributed by atoms with E-state index in [1.165, 1.54) is 44.3 Å². The summed E-state index contributed by atoms with van der Waals surface area (Å²) < 4.78 is 0. The lowest BCUT2D eigenvalue weighted by molar-refractivity contribution is -0.384. The molecule has 0 saturated heterocycles. The summed E-state index contributed by atoms with van der Waals surface area (Å²) in [6, 6.07) is 5.09. The van der Waals surface area contributed by atoms with E-state index in [4.69, 9.17) is 5.11 Å². The Morgan fingerprint density at radius 2 is 1.95 bits per heavy atom. The Bertz CT molecular complexity index is 593. The van der Waals surface area contributed by atoms with Crippen molar-refractivity contribution in [2.45, 2.75) is 20.0 Å². The van der Waals surface area contributed by atoms with Crippen LogP contribution in [0.25, 0.3) is 0 Å². The van der Waals surface area contributed by atoms with E-state index in [-0.39, 0.29) is 23.4 Å². The molecule has 0 fully saturated rings. The number of aliphatic hydroxyl groups excluding tert-OH is 1. The van der Waals surface area contributed by atoms with Crippen LogP contribution in [0, 0.1) is 10.1 Å². The molecule has 0 spiro atoms. The van der Waals surface area contributed by atoms with Crippen LogP contribution in [-0.2, 0) is 4.79 Å². The predicted molar refractivity (Wildman–Crippen MR) is 79.0 cm³/mol. The van der Waals surface area contributed by atoms with Gasteiger partial charge in [0.15, 0.2) is 0 Å². The fourth-order valence-corrected chi connectivity index (χ4v) is 1.44. The molecule has 8 heteroatoms. The molecule has 0 aliphatic heterocycles. The molecule has 1 rings (SSSR count). The quantitative estimate of drug-likeness (QED) is 0.406. The lowest BCUT2D eigenvalue weighted by Gasteiger charge is -2.07. The molecule has 22 heavy (non-hydrogen) atoms. The first-order valence-corrected chi connectivity index (χ1v) is 6.49. The topological polar surface area (TPSA) is 122 Å². The van der Waals surface area contributed by atoms with E-state index in [2.05, 4.69) is 10.6 Å². The normalized spacial score (nSPS) is 12.4. The zero-order valence-electron chi connectivity index (χ0n) is 12.2. The van der Waals surface area contributed by atoms with E-state index in [9.17, 15) is 19.7 Å². The summed E-state index contributed by atoms with van der Waals surface area (Å²) in [6.07, 6.45) is 0.577. The molecule has 0 aliphatic rings. The van der Waals surface area contributed by atoms with Crippen LogP contribution in [0.1, 0.15) is 24.2 Å². The van der Waals surface area contributed by atoms with Gasteiger partial charge >= 0.3 is 0 Å². The van der Waals surface area contributed by atoms with Crippen LogP contribution in [0.5, 0.6) is 0 Å². The maximum atomic E-state index is 11.8. The third-order valence-electron chi connectivity index (χ3n) is 2.68. The molecule has 1 aromatic rings. The Kier molecular flexibility index (Phi) is 6.21. The van der Waals surface area contributed by atoms with Crippen molar-refractivity contribution in [3.05, 3.63) is 51.7 Å². The molecule has 0 radical (unpaired) electrons. The van der Waals surface area contributed by atoms with E-state index in [0.29, 0.717) is 0 Å². The van der Waals surface area contributed by atoms with E-state index < -0.39 is 22.8 Å². The highest BCUT2D eigenvalue weighted by Crippen LogP contribution is 2.11. The number of aliphatic hydroxyl groups is 1. The molecule has 3 N–H and O–H groups in total. The molecule has 0 saturated carbocycles. The highest BCUT2D eigenvalue weighted by atomic mass is 16.6. The molecule has 0 aliphatic carbocycles. The third-order valence-corrected chi connectivity index (χ3v) is 2.68. The van der Waals surface area contributed by atoms with Crippen LogP contribution in [-0.4, -0.2) is 34.5 Å². The average Bonchev–Trinajstić information content (AvgIpc) is 2.49. The number of hydrogen-bond acceptors (Lipinski definition) is 5. The van der Waals surface area contributed by atoms with Crippen LogP contribution in [0.2, 0.25) is 0 Å². The minimum absolute atomic E-state index is 0.110. The minimum atomic E-state index is -0.661. The molecular weight excluding hydrogens is 290 g/mol. The lowest BCUT2D eigenvalue weighted by Crippen LogP contribution is -2.31. The van der Waals surface area contributed by atoms with Crippen LogP contribution in [0.15, 0.2) is 36.0 Å². The molecule has 1 atom stereocenters. The van der Waals surface area contributed by atoms with E-state index in [1.54, 1.807) is 0 Å². The van der Waals surface area contributed by atoms with Crippen molar-refractivity contribution in [3.8, 4) is 0 Å². The second-order valence-electron chi connectivity index (χ2n) is 4.66. The molecule has 1 aromatic carbocycles. The van der Waals surface area contributed by atoms with E-state index in [0.717, 1.165) is 0 Å². The van der Waals surface area contributed by atoms with Gasteiger partial charge in [-0.15, -0.1) is 0 Å². The largest absolute Gasteiger partial charge is 0.392 e. The van der Waals surface area contributed by atoms with Crippen molar-refractivity contribution in [1.29, 1.82) is 0 Å². The summed E-state index contributed by atoms with van der Waals surface area (Å²) in [7, 11) is 0. The second-order valence-corrected chi connectivity index (χ2v) is 4.66. The van der Waals surface area contributed by atoms with Crippen LogP contribution < -0.4 is 10.6 Å². The highest BCUT2D eigenvalue weighted by molar-refractivity contribution is 5.97. The number of benzene rings is 1. The van der Waals surface area contributed by atoms with Gasteiger partial charge in [-0.2, -0.15) is 0 Å². The zero-order chi connectivity index (χ0) is 16.7. The molecule has 0 aromatic heterocycles. The van der Waals surface area contributed by atoms with Gasteiger partial charge in [-0.25, -0.2) is 0 Å². The summed E-state index contributed by atoms with van der Waals surface area (Å²) in [5.41, 5.74) is 0.385. The summed E-state index contributed by atoms with van der Waals surface area (Å²) in [5.74, 6) is -0.900. The van der Waals surface area contributed by atoms with Gasteiger partial charge in [-0.1, -0.05) is 0 Å². The SMILES string of the molecule is C/C(=C/NC(=O)c1ccc([N+](=O)[O-])cc1)C(=O)NCC(C)O. The van der Waals surface area contributed by atoms with Gasteiger partial charge in [0.05, 0.1) is 11.0 Å². The van der Waals surface area contributed by atoms with Gasteiger partial charge in [-0.05, 0) is 26.0 Å². The summed E-state index contributed by atoms with van der Waals surface area (Å²) in [4.78, 5) is 33.4. The van der Waals surface area contributed by atoms with Gasteiger partial charge in [0.1, 0.15) is 0 Å². The molecule has 0 heterocycles. The van der Waals surface area contributed by atoms with Gasteiger partial charge in [-0.3, -0.25) is 19.7 Å². The number of rotatable bonds is 6. The highest BCUT2D eigenvalue weighted by Gasteiger charge is 2.09. The predicted octanol–water partition coefficient (Wildman–Crippen LogP) is 0.725. The van der Waals surface area contributed by atoms with Crippen molar-refractivity contribution < 1.29 is 19.6 Å². The fourth-order valence-electron chi connectivity index (χ4n) is 1.44. The molecule has 8 nitrogen and oxygen atoms in total. The first kappa shape index (κ1) is 17.3. The number of non-ortho nitro benzene ring substituents is 1. The first-order valence-electron chi connectivity index (χ1n) is 6.49. The van der Waals surface area contributed by atoms with Crippen molar-refractivity contribution in [3.63, 3.8) is 0 Å². The Hall–Kier alpha value is -2.74. The number of nitro groups is 1. The van der Waals surface area contributed by atoms with Gasteiger partial charge in [0.25, 0.3) is 11.6 Å². The van der Waals surface area contributed by atoms with Crippen LogP contribution >= 0.6 is 0 Å². The standard InChI is InChI=1S/C14H17N3O5/c1-9(13(19)16-8-10(2)18)7-15-14(20)11-3-5-12(6-4-11)17(21)22/h3-7,10,18H,8H2,1-2H3,(H,15,20)(H,16,19)/b9-7-. The second kappa shape index (κ2) is 7.89. The summed E-state index contributed by atoms with van der Waals surface area (Å²) in [6.45, 7) is 3.16. The molecule has 0 bridgehead atoms. The Morgan fingerprint density at radius 1 is 1.36 bits per heavy atom. The van der Waals surface area contributed by atoms with Crippen molar-refractivity contribution in [1.82, 2.24) is 10.6 Å². The number of nitrogens with zero attached hydrogens (tertiary/aromatic N) is 1. The third kappa shape index (κ3) is 5.33.